The van der Waals surface area contributed by atoms with Crippen molar-refractivity contribution in [3.05, 3.63) is 0 Å². The first-order chi connectivity index (χ1) is 4.98. The molecule has 2 rings (SSSR count). The molecule has 1 saturated heterocycles. The molecule has 1 aliphatic heterocycles. The van der Waals surface area contributed by atoms with Gasteiger partial charge in [-0.3, -0.25) is 10.1 Å². The molecule has 2 fully saturated rings. The van der Waals surface area contributed by atoms with Gasteiger partial charge in [-0.25, -0.2) is 4.79 Å². The monoisotopic (exact) mass is 154 g/mol. The third-order valence-electron chi connectivity index (χ3n) is 2.68. The zero-order valence-corrected chi connectivity index (χ0v) is 6.52. The predicted octanol–water partition coefficient (Wildman–Crippen LogP) is -0.00550. The minimum atomic E-state index is -0.579. The second-order valence-corrected chi connectivity index (χ2v) is 3.87. The predicted molar refractivity (Wildman–Crippen MR) is 37.8 cm³/mol. The van der Waals surface area contributed by atoms with Crippen LogP contribution in [-0.4, -0.2) is 17.5 Å². The molecular formula is C7H10N2O2. The lowest BCUT2D eigenvalue weighted by Gasteiger charge is -2.08. The smallest absolute Gasteiger partial charge is 0.322 e. The van der Waals surface area contributed by atoms with Crippen molar-refractivity contribution in [3.8, 4) is 0 Å². The molecule has 0 bridgehead atoms. The zero-order valence-electron chi connectivity index (χ0n) is 6.52. The summed E-state index contributed by atoms with van der Waals surface area (Å²) in [5.41, 5.74) is -0.646. The van der Waals surface area contributed by atoms with Gasteiger partial charge < -0.3 is 5.32 Å². The van der Waals surface area contributed by atoms with Crippen LogP contribution < -0.4 is 10.6 Å². The second-order valence-electron chi connectivity index (χ2n) is 3.87. The summed E-state index contributed by atoms with van der Waals surface area (Å²) in [6, 6.07) is -0.361. The molecule has 1 aliphatic carbocycles. The molecule has 4 heteroatoms. The van der Waals surface area contributed by atoms with Gasteiger partial charge in [-0.1, -0.05) is 13.8 Å². The van der Waals surface area contributed by atoms with E-state index in [1.807, 2.05) is 13.8 Å². The minimum Gasteiger partial charge on any atom is -0.323 e. The standard InChI is InChI=1S/C7H10N2O2/c1-6(2)3-7(6)4(10)8-5(11)9-7/h3H2,1-2H3,(H2,8,9,10,11)/t7-/m0/s1. The molecule has 1 atom stereocenters. The maximum Gasteiger partial charge on any atom is 0.322 e. The average molecular weight is 154 g/mol. The second kappa shape index (κ2) is 1.42. The molecular weight excluding hydrogens is 144 g/mol. The Morgan fingerprint density at radius 1 is 1.36 bits per heavy atom. The van der Waals surface area contributed by atoms with E-state index < -0.39 is 5.54 Å². The van der Waals surface area contributed by atoms with Gasteiger partial charge >= 0.3 is 6.03 Å². The first-order valence-electron chi connectivity index (χ1n) is 3.62. The fourth-order valence-corrected chi connectivity index (χ4v) is 1.71. The van der Waals surface area contributed by atoms with Crippen LogP contribution >= 0.6 is 0 Å². The zero-order chi connectivity index (χ0) is 8.28. The molecule has 60 valence electrons. The number of amides is 3. The molecule has 1 spiro atoms. The Morgan fingerprint density at radius 2 is 1.91 bits per heavy atom. The van der Waals surface area contributed by atoms with Gasteiger partial charge in [0.15, 0.2) is 0 Å². The Kier molecular flexibility index (Phi) is 0.855. The van der Waals surface area contributed by atoms with Crippen molar-refractivity contribution in [2.24, 2.45) is 5.41 Å². The normalized spacial score (nSPS) is 38.7. The van der Waals surface area contributed by atoms with Crippen LogP contribution in [0.2, 0.25) is 0 Å². The Bertz CT molecular complexity index is 259. The largest absolute Gasteiger partial charge is 0.323 e. The van der Waals surface area contributed by atoms with E-state index in [-0.39, 0.29) is 17.4 Å². The Labute approximate surface area is 64.3 Å². The summed E-state index contributed by atoms with van der Waals surface area (Å²) in [5, 5.41) is 4.88. The van der Waals surface area contributed by atoms with Crippen molar-refractivity contribution in [2.45, 2.75) is 25.8 Å². The van der Waals surface area contributed by atoms with Gasteiger partial charge in [-0.2, -0.15) is 0 Å². The topological polar surface area (TPSA) is 58.2 Å². The van der Waals surface area contributed by atoms with Crippen LogP contribution in [0.15, 0.2) is 0 Å². The lowest BCUT2D eigenvalue weighted by Crippen LogP contribution is -2.36. The molecule has 2 aliphatic rings. The summed E-state index contributed by atoms with van der Waals surface area (Å²) in [7, 11) is 0. The maximum absolute atomic E-state index is 11.2. The average Bonchev–Trinajstić information content (AvgIpc) is 2.22. The lowest BCUT2D eigenvalue weighted by molar-refractivity contribution is -0.121. The van der Waals surface area contributed by atoms with Crippen LogP contribution in [-0.2, 0) is 4.79 Å². The van der Waals surface area contributed by atoms with Crippen molar-refractivity contribution in [1.82, 2.24) is 10.6 Å². The van der Waals surface area contributed by atoms with Crippen LogP contribution in [0.25, 0.3) is 0 Å². The summed E-state index contributed by atoms with van der Waals surface area (Å²) < 4.78 is 0. The highest BCUT2D eigenvalue weighted by Crippen LogP contribution is 2.56. The number of nitrogens with one attached hydrogen (secondary N) is 2. The third-order valence-corrected chi connectivity index (χ3v) is 2.68. The first-order valence-corrected chi connectivity index (χ1v) is 3.62. The summed E-state index contributed by atoms with van der Waals surface area (Å²) in [4.78, 5) is 21.9. The number of hydrogen-bond acceptors (Lipinski definition) is 2. The molecule has 0 aromatic rings. The number of carbonyl (C=O) groups is 2. The summed E-state index contributed by atoms with van der Waals surface area (Å²) >= 11 is 0. The molecule has 2 N–H and O–H groups in total. The van der Waals surface area contributed by atoms with Gasteiger partial charge in [-0.05, 0) is 11.8 Å². The Morgan fingerprint density at radius 3 is 2.09 bits per heavy atom. The van der Waals surface area contributed by atoms with Crippen LogP contribution in [0.3, 0.4) is 0 Å². The van der Waals surface area contributed by atoms with Crippen LogP contribution in [0.5, 0.6) is 0 Å². The van der Waals surface area contributed by atoms with Crippen molar-refractivity contribution in [1.29, 1.82) is 0 Å². The Hall–Kier alpha value is -1.06. The third kappa shape index (κ3) is 0.593. The van der Waals surface area contributed by atoms with E-state index in [1.54, 1.807) is 0 Å². The van der Waals surface area contributed by atoms with E-state index in [9.17, 15) is 9.59 Å². The molecule has 11 heavy (non-hydrogen) atoms. The lowest BCUT2D eigenvalue weighted by atomic mass is 10.1. The molecule has 3 amide bonds. The van der Waals surface area contributed by atoms with E-state index in [0.29, 0.717) is 0 Å². The highest BCUT2D eigenvalue weighted by molar-refractivity contribution is 6.09. The SMILES string of the molecule is CC1(C)C[C@@]12NC(=O)NC2=O. The van der Waals surface area contributed by atoms with Gasteiger partial charge in [0.05, 0.1) is 0 Å². The van der Waals surface area contributed by atoms with Crippen LogP contribution in [0, 0.1) is 5.41 Å². The molecule has 0 unspecified atom stereocenters. The number of carbonyl (C=O) groups excluding carboxylic acids is 2. The van der Waals surface area contributed by atoms with E-state index in [0.717, 1.165) is 6.42 Å². The van der Waals surface area contributed by atoms with Crippen molar-refractivity contribution < 1.29 is 9.59 Å². The fourth-order valence-electron chi connectivity index (χ4n) is 1.71. The summed E-state index contributed by atoms with van der Waals surface area (Å²) in [5.74, 6) is -0.174. The maximum atomic E-state index is 11.2. The number of urea groups is 1. The fraction of sp³-hybridized carbons (Fsp3) is 0.714. The molecule has 0 aromatic heterocycles. The molecule has 4 nitrogen and oxygen atoms in total. The molecule has 1 saturated carbocycles. The highest BCUT2D eigenvalue weighted by atomic mass is 16.2. The number of hydrogen-bond donors (Lipinski definition) is 2. The number of imide groups is 1. The molecule has 0 radical (unpaired) electrons. The van der Waals surface area contributed by atoms with Gasteiger partial charge in [0.2, 0.25) is 0 Å². The van der Waals surface area contributed by atoms with Crippen LogP contribution in [0.1, 0.15) is 20.3 Å². The van der Waals surface area contributed by atoms with Gasteiger partial charge in [0.25, 0.3) is 5.91 Å². The van der Waals surface area contributed by atoms with Gasteiger partial charge in [-0.15, -0.1) is 0 Å². The Balaban J connectivity index is 2.31. The summed E-state index contributed by atoms with van der Waals surface area (Å²) in [6.45, 7) is 3.94. The van der Waals surface area contributed by atoms with Gasteiger partial charge in [0, 0.05) is 0 Å². The van der Waals surface area contributed by atoms with Crippen molar-refractivity contribution in [2.75, 3.05) is 0 Å². The van der Waals surface area contributed by atoms with E-state index in [1.165, 1.54) is 0 Å². The highest BCUT2D eigenvalue weighted by Gasteiger charge is 2.70. The first kappa shape index (κ1) is 6.64. The molecule has 0 aromatic carbocycles. The molecule has 1 heterocycles. The van der Waals surface area contributed by atoms with E-state index in [4.69, 9.17) is 0 Å². The van der Waals surface area contributed by atoms with Crippen molar-refractivity contribution in [3.63, 3.8) is 0 Å². The van der Waals surface area contributed by atoms with Crippen molar-refractivity contribution >= 4 is 11.9 Å². The minimum absolute atomic E-state index is 0.0662. The van der Waals surface area contributed by atoms with E-state index >= 15 is 0 Å². The van der Waals surface area contributed by atoms with E-state index in [2.05, 4.69) is 10.6 Å². The number of rotatable bonds is 0. The quantitative estimate of drug-likeness (QED) is 0.482. The summed E-state index contributed by atoms with van der Waals surface area (Å²) in [6.07, 6.45) is 0.748. The van der Waals surface area contributed by atoms with Crippen LogP contribution in [0.4, 0.5) is 4.79 Å². The van der Waals surface area contributed by atoms with Gasteiger partial charge in [0.1, 0.15) is 5.54 Å².